The molecule has 21 heavy (non-hydrogen) atoms. The number of benzene rings is 2. The van der Waals surface area contributed by atoms with Crippen LogP contribution in [0.1, 0.15) is 11.1 Å². The quantitative estimate of drug-likeness (QED) is 0.774. The van der Waals surface area contributed by atoms with Crippen LogP contribution in [0, 0.1) is 6.92 Å². The van der Waals surface area contributed by atoms with E-state index in [4.69, 9.17) is 11.6 Å². The number of carbonyl (C=O) groups excluding carboxylic acids is 1. The summed E-state index contributed by atoms with van der Waals surface area (Å²) in [4.78, 5) is 19.3. The normalized spacial score (nSPS) is 10.8. The van der Waals surface area contributed by atoms with Crippen LogP contribution < -0.4 is 5.32 Å². The van der Waals surface area contributed by atoms with E-state index in [1.807, 2.05) is 31.2 Å². The highest BCUT2D eigenvalue weighted by molar-refractivity contribution is 6.31. The third kappa shape index (κ3) is 3.06. The third-order valence-electron chi connectivity index (χ3n) is 3.32. The molecule has 1 amide bonds. The first-order chi connectivity index (χ1) is 10.1. The van der Waals surface area contributed by atoms with Crippen LogP contribution in [0.3, 0.4) is 0 Å². The van der Waals surface area contributed by atoms with Gasteiger partial charge >= 0.3 is 0 Å². The minimum atomic E-state index is -0.0702. The minimum Gasteiger partial charge on any atom is -0.345 e. The molecule has 0 bridgehead atoms. The molecule has 0 aliphatic heterocycles. The van der Waals surface area contributed by atoms with Gasteiger partial charge < -0.3 is 10.3 Å². The van der Waals surface area contributed by atoms with Crippen LogP contribution in [-0.4, -0.2) is 15.9 Å². The number of hydrogen-bond donors (Lipinski definition) is 2. The van der Waals surface area contributed by atoms with Crippen molar-refractivity contribution in [2.45, 2.75) is 13.3 Å². The molecule has 0 fully saturated rings. The summed E-state index contributed by atoms with van der Waals surface area (Å²) in [6, 6.07) is 11.2. The number of aromatic nitrogens is 2. The molecule has 0 radical (unpaired) electrons. The van der Waals surface area contributed by atoms with Gasteiger partial charge in [0.2, 0.25) is 5.91 Å². The Bertz CT molecular complexity index is 810. The number of fused-ring (bicyclic) bond motifs is 1. The van der Waals surface area contributed by atoms with Crippen molar-refractivity contribution in [1.82, 2.24) is 9.97 Å². The molecular formula is C16H14ClN3O. The van der Waals surface area contributed by atoms with E-state index < -0.39 is 0 Å². The van der Waals surface area contributed by atoms with Crippen molar-refractivity contribution < 1.29 is 4.79 Å². The average Bonchev–Trinajstić information content (AvgIpc) is 2.90. The van der Waals surface area contributed by atoms with Crippen molar-refractivity contribution in [3.05, 3.63) is 58.9 Å². The molecule has 0 unspecified atom stereocenters. The lowest BCUT2D eigenvalue weighted by Gasteiger charge is -2.09. The van der Waals surface area contributed by atoms with Gasteiger partial charge in [0.15, 0.2) is 0 Å². The summed E-state index contributed by atoms with van der Waals surface area (Å²) in [6.07, 6.45) is 1.95. The predicted molar refractivity (Wildman–Crippen MR) is 84.6 cm³/mol. The van der Waals surface area contributed by atoms with E-state index in [0.29, 0.717) is 11.4 Å². The van der Waals surface area contributed by atoms with E-state index in [0.717, 1.165) is 27.8 Å². The second-order valence-corrected chi connectivity index (χ2v) is 5.37. The number of halogens is 1. The maximum atomic E-state index is 12.1. The number of nitrogens with zero attached hydrogens (tertiary/aromatic N) is 1. The number of amides is 1. The number of H-pyrrole nitrogens is 1. The number of rotatable bonds is 3. The zero-order chi connectivity index (χ0) is 14.8. The summed E-state index contributed by atoms with van der Waals surface area (Å²) < 4.78 is 0. The van der Waals surface area contributed by atoms with Crippen LogP contribution in [0.2, 0.25) is 5.02 Å². The number of carbonyl (C=O) groups is 1. The second-order valence-electron chi connectivity index (χ2n) is 4.94. The van der Waals surface area contributed by atoms with E-state index in [1.165, 1.54) is 0 Å². The first-order valence-electron chi connectivity index (χ1n) is 6.60. The topological polar surface area (TPSA) is 57.8 Å². The Morgan fingerprint density at radius 1 is 1.29 bits per heavy atom. The number of imidazole rings is 1. The minimum absolute atomic E-state index is 0.0702. The smallest absolute Gasteiger partial charge is 0.228 e. The van der Waals surface area contributed by atoms with Gasteiger partial charge in [-0.25, -0.2) is 4.98 Å². The third-order valence-corrected chi connectivity index (χ3v) is 3.56. The van der Waals surface area contributed by atoms with Crippen molar-refractivity contribution in [3.8, 4) is 0 Å². The van der Waals surface area contributed by atoms with Gasteiger partial charge in [0.1, 0.15) is 0 Å². The number of aryl methyl sites for hydroxylation is 1. The van der Waals surface area contributed by atoms with Gasteiger partial charge in [0.05, 0.1) is 23.8 Å². The molecule has 5 heteroatoms. The molecule has 1 heterocycles. The highest BCUT2D eigenvalue weighted by atomic mass is 35.5. The molecule has 0 spiro atoms. The van der Waals surface area contributed by atoms with Crippen LogP contribution in [0.15, 0.2) is 42.7 Å². The van der Waals surface area contributed by atoms with Gasteiger partial charge in [0.25, 0.3) is 0 Å². The van der Waals surface area contributed by atoms with E-state index in [9.17, 15) is 4.79 Å². The summed E-state index contributed by atoms with van der Waals surface area (Å²) in [5.41, 5.74) is 4.49. The second kappa shape index (κ2) is 5.58. The van der Waals surface area contributed by atoms with Crippen LogP contribution in [-0.2, 0) is 11.2 Å². The Kier molecular flexibility index (Phi) is 3.62. The van der Waals surface area contributed by atoms with E-state index in [-0.39, 0.29) is 5.91 Å². The van der Waals surface area contributed by atoms with Crippen LogP contribution in [0.25, 0.3) is 11.0 Å². The maximum absolute atomic E-state index is 12.1. The van der Waals surface area contributed by atoms with Crippen LogP contribution in [0.5, 0.6) is 0 Å². The SMILES string of the molecule is Cc1ccc(Cl)cc1NC(=O)Cc1ccc2nc[nH]c2c1. The molecule has 0 saturated heterocycles. The van der Waals surface area contributed by atoms with Crippen molar-refractivity contribution in [2.24, 2.45) is 0 Å². The first-order valence-corrected chi connectivity index (χ1v) is 6.97. The molecule has 1 aromatic heterocycles. The van der Waals surface area contributed by atoms with Crippen molar-refractivity contribution in [1.29, 1.82) is 0 Å². The largest absolute Gasteiger partial charge is 0.345 e. The Labute approximate surface area is 127 Å². The molecular weight excluding hydrogens is 286 g/mol. The van der Waals surface area contributed by atoms with E-state index in [2.05, 4.69) is 15.3 Å². The molecule has 2 N–H and O–H groups in total. The van der Waals surface area contributed by atoms with Gasteiger partial charge in [-0.2, -0.15) is 0 Å². The number of nitrogens with one attached hydrogen (secondary N) is 2. The van der Waals surface area contributed by atoms with Crippen molar-refractivity contribution in [3.63, 3.8) is 0 Å². The maximum Gasteiger partial charge on any atom is 0.228 e. The lowest BCUT2D eigenvalue weighted by Crippen LogP contribution is -2.15. The van der Waals surface area contributed by atoms with Crippen molar-refractivity contribution in [2.75, 3.05) is 5.32 Å². The molecule has 106 valence electrons. The number of hydrogen-bond acceptors (Lipinski definition) is 2. The summed E-state index contributed by atoms with van der Waals surface area (Å²) in [7, 11) is 0. The zero-order valence-corrected chi connectivity index (χ0v) is 12.2. The average molecular weight is 300 g/mol. The van der Waals surface area contributed by atoms with Crippen molar-refractivity contribution >= 4 is 34.2 Å². The predicted octanol–water partition coefficient (Wildman–Crippen LogP) is 3.71. The highest BCUT2D eigenvalue weighted by Crippen LogP contribution is 2.20. The standard InChI is InChI=1S/C16H14ClN3O/c1-10-2-4-12(17)8-14(10)20-16(21)7-11-3-5-13-15(6-11)19-9-18-13/h2-6,8-9H,7H2,1H3,(H,18,19)(H,20,21). The summed E-state index contributed by atoms with van der Waals surface area (Å²) in [5.74, 6) is -0.0702. The molecule has 0 aliphatic rings. The first kappa shape index (κ1) is 13.6. The van der Waals surface area contributed by atoms with Crippen LogP contribution in [0.4, 0.5) is 5.69 Å². The van der Waals surface area contributed by atoms with Gasteiger partial charge in [0, 0.05) is 10.7 Å². The Balaban J connectivity index is 1.75. The van der Waals surface area contributed by atoms with E-state index in [1.54, 1.807) is 18.5 Å². The molecule has 0 atom stereocenters. The Morgan fingerprint density at radius 2 is 2.14 bits per heavy atom. The molecule has 0 saturated carbocycles. The monoisotopic (exact) mass is 299 g/mol. The fourth-order valence-electron chi connectivity index (χ4n) is 2.20. The highest BCUT2D eigenvalue weighted by Gasteiger charge is 2.08. The lowest BCUT2D eigenvalue weighted by atomic mass is 10.1. The molecule has 0 aliphatic carbocycles. The number of aromatic amines is 1. The molecule has 4 nitrogen and oxygen atoms in total. The fourth-order valence-corrected chi connectivity index (χ4v) is 2.37. The number of anilines is 1. The summed E-state index contributed by atoms with van der Waals surface area (Å²) >= 11 is 5.95. The molecule has 3 aromatic rings. The van der Waals surface area contributed by atoms with Gasteiger partial charge in [-0.05, 0) is 42.3 Å². The van der Waals surface area contributed by atoms with Gasteiger partial charge in [-0.3, -0.25) is 4.79 Å². The summed E-state index contributed by atoms with van der Waals surface area (Å²) in [6.45, 7) is 1.93. The van der Waals surface area contributed by atoms with E-state index >= 15 is 0 Å². The van der Waals surface area contributed by atoms with Crippen LogP contribution >= 0.6 is 11.6 Å². The summed E-state index contributed by atoms with van der Waals surface area (Å²) in [5, 5.41) is 3.50. The Morgan fingerprint density at radius 3 is 3.00 bits per heavy atom. The Hall–Kier alpha value is -2.33. The van der Waals surface area contributed by atoms with Gasteiger partial charge in [-0.1, -0.05) is 23.7 Å². The van der Waals surface area contributed by atoms with Gasteiger partial charge in [-0.15, -0.1) is 0 Å². The molecule has 2 aromatic carbocycles. The fraction of sp³-hybridized carbons (Fsp3) is 0.125. The molecule has 3 rings (SSSR count). The zero-order valence-electron chi connectivity index (χ0n) is 11.5. The lowest BCUT2D eigenvalue weighted by molar-refractivity contribution is -0.115.